The zero-order valence-electron chi connectivity index (χ0n) is 10.6. The van der Waals surface area contributed by atoms with Crippen LogP contribution in [-0.2, 0) is 4.79 Å². The number of amides is 1. The minimum absolute atomic E-state index is 0.0161. The van der Waals surface area contributed by atoms with Gasteiger partial charge >= 0.3 is 6.01 Å². The van der Waals surface area contributed by atoms with E-state index in [4.69, 9.17) is 16.3 Å². The highest BCUT2D eigenvalue weighted by Crippen LogP contribution is 2.32. The Bertz CT molecular complexity index is 461. The number of carbonyl (C=O) groups is 1. The summed E-state index contributed by atoms with van der Waals surface area (Å²) in [4.78, 5) is 22.0. The third kappa shape index (κ3) is 3.15. The number of carbonyl (C=O) groups excluding carboxylic acids is 1. The van der Waals surface area contributed by atoms with Gasteiger partial charge in [-0.15, -0.1) is 0 Å². The lowest BCUT2D eigenvalue weighted by molar-refractivity contribution is -0.135. The summed E-state index contributed by atoms with van der Waals surface area (Å²) in [6.07, 6.45) is 7.00. The smallest absolute Gasteiger partial charge is 0.316 e. The van der Waals surface area contributed by atoms with E-state index in [1.165, 1.54) is 12.4 Å². The molecule has 1 aliphatic heterocycles. The molecule has 102 valence electrons. The van der Waals surface area contributed by atoms with Gasteiger partial charge in [-0.1, -0.05) is 11.6 Å². The van der Waals surface area contributed by atoms with Crippen molar-refractivity contribution in [3.05, 3.63) is 17.4 Å². The molecule has 1 aromatic rings. The number of rotatable bonds is 3. The van der Waals surface area contributed by atoms with Crippen LogP contribution in [0.25, 0.3) is 0 Å². The Labute approximate surface area is 116 Å². The fraction of sp³-hybridized carbons (Fsp3) is 0.615. The molecular formula is C13H16ClN3O2. The first-order chi connectivity index (χ1) is 9.22. The van der Waals surface area contributed by atoms with Gasteiger partial charge in [0.15, 0.2) is 0 Å². The summed E-state index contributed by atoms with van der Waals surface area (Å²) in [6, 6.07) is 0.329. The molecule has 0 spiro atoms. The SMILES string of the molecule is O=C(C1CC1)N1CCCC(Oc2ncc(Cl)cn2)C1. The summed E-state index contributed by atoms with van der Waals surface area (Å²) in [5.74, 6) is 0.552. The molecular weight excluding hydrogens is 266 g/mol. The number of halogens is 1. The number of hydrogen-bond donors (Lipinski definition) is 0. The molecule has 1 saturated heterocycles. The second kappa shape index (κ2) is 5.33. The molecule has 0 N–H and O–H groups in total. The molecule has 6 heteroatoms. The molecule has 1 amide bonds. The van der Waals surface area contributed by atoms with E-state index in [2.05, 4.69) is 9.97 Å². The summed E-state index contributed by atoms with van der Waals surface area (Å²) in [7, 11) is 0. The lowest BCUT2D eigenvalue weighted by Gasteiger charge is -2.32. The van der Waals surface area contributed by atoms with Crippen LogP contribution in [0, 0.1) is 5.92 Å². The number of nitrogens with zero attached hydrogens (tertiary/aromatic N) is 3. The van der Waals surface area contributed by atoms with Crippen LogP contribution in [0.5, 0.6) is 6.01 Å². The van der Waals surface area contributed by atoms with E-state index in [-0.39, 0.29) is 17.9 Å². The molecule has 2 aliphatic rings. The van der Waals surface area contributed by atoms with Gasteiger partial charge in [0.05, 0.1) is 24.0 Å². The van der Waals surface area contributed by atoms with Gasteiger partial charge in [-0.2, -0.15) is 0 Å². The molecule has 19 heavy (non-hydrogen) atoms. The van der Waals surface area contributed by atoms with Crippen LogP contribution in [0.3, 0.4) is 0 Å². The first kappa shape index (κ1) is 12.7. The second-order valence-electron chi connectivity index (χ2n) is 5.12. The van der Waals surface area contributed by atoms with Crippen LogP contribution in [0.1, 0.15) is 25.7 Å². The van der Waals surface area contributed by atoms with E-state index in [0.29, 0.717) is 17.6 Å². The third-order valence-electron chi connectivity index (χ3n) is 3.49. The number of hydrogen-bond acceptors (Lipinski definition) is 4. The van der Waals surface area contributed by atoms with E-state index in [9.17, 15) is 4.79 Å². The van der Waals surface area contributed by atoms with Crippen molar-refractivity contribution in [2.75, 3.05) is 13.1 Å². The fourth-order valence-corrected chi connectivity index (χ4v) is 2.43. The van der Waals surface area contributed by atoms with Crippen LogP contribution < -0.4 is 4.74 Å². The maximum Gasteiger partial charge on any atom is 0.316 e. The predicted molar refractivity (Wildman–Crippen MR) is 70.0 cm³/mol. The second-order valence-corrected chi connectivity index (χ2v) is 5.56. The van der Waals surface area contributed by atoms with Crippen LogP contribution in [0.2, 0.25) is 5.02 Å². The maximum absolute atomic E-state index is 12.0. The van der Waals surface area contributed by atoms with Crippen molar-refractivity contribution in [3.63, 3.8) is 0 Å². The molecule has 0 radical (unpaired) electrons. The van der Waals surface area contributed by atoms with Gasteiger partial charge in [0.2, 0.25) is 5.91 Å². The minimum atomic E-state index is -0.0161. The Hall–Kier alpha value is -1.36. The topological polar surface area (TPSA) is 55.3 Å². The Kier molecular flexibility index (Phi) is 3.55. The summed E-state index contributed by atoms with van der Waals surface area (Å²) in [5.41, 5.74) is 0. The van der Waals surface area contributed by atoms with Gasteiger partial charge in [0.1, 0.15) is 6.10 Å². The van der Waals surface area contributed by atoms with E-state index in [1.807, 2.05) is 4.90 Å². The fourth-order valence-electron chi connectivity index (χ4n) is 2.33. The number of piperidine rings is 1. The zero-order chi connectivity index (χ0) is 13.2. The van der Waals surface area contributed by atoms with Crippen molar-refractivity contribution in [2.45, 2.75) is 31.8 Å². The highest BCUT2D eigenvalue weighted by molar-refractivity contribution is 6.30. The lowest BCUT2D eigenvalue weighted by Crippen LogP contribution is -2.45. The highest BCUT2D eigenvalue weighted by Gasteiger charge is 2.35. The molecule has 1 aromatic heterocycles. The summed E-state index contributed by atoms with van der Waals surface area (Å²) < 4.78 is 5.72. The summed E-state index contributed by atoms with van der Waals surface area (Å²) >= 11 is 5.73. The van der Waals surface area contributed by atoms with Gasteiger partial charge < -0.3 is 9.64 Å². The number of likely N-dealkylation sites (tertiary alicyclic amines) is 1. The molecule has 0 aromatic carbocycles. The molecule has 1 unspecified atom stereocenters. The molecule has 0 bridgehead atoms. The first-order valence-electron chi connectivity index (χ1n) is 6.65. The maximum atomic E-state index is 12.0. The van der Waals surface area contributed by atoms with Crippen LogP contribution in [-0.4, -0.2) is 40.0 Å². The van der Waals surface area contributed by atoms with Gasteiger partial charge in [-0.25, -0.2) is 9.97 Å². The molecule has 5 nitrogen and oxygen atoms in total. The zero-order valence-corrected chi connectivity index (χ0v) is 11.3. The van der Waals surface area contributed by atoms with Gasteiger partial charge in [0, 0.05) is 12.5 Å². The van der Waals surface area contributed by atoms with Crippen LogP contribution in [0.15, 0.2) is 12.4 Å². The van der Waals surface area contributed by atoms with Crippen molar-refractivity contribution in [2.24, 2.45) is 5.92 Å². The largest absolute Gasteiger partial charge is 0.458 e. The van der Waals surface area contributed by atoms with Gasteiger partial charge in [-0.05, 0) is 25.7 Å². The van der Waals surface area contributed by atoms with Crippen molar-refractivity contribution in [1.29, 1.82) is 0 Å². The molecule has 3 rings (SSSR count). The predicted octanol–water partition coefficient (Wildman–Crippen LogP) is 1.91. The molecule has 1 aliphatic carbocycles. The number of ether oxygens (including phenoxy) is 1. The molecule has 1 saturated carbocycles. The Balaban J connectivity index is 1.58. The van der Waals surface area contributed by atoms with E-state index in [1.54, 1.807) is 0 Å². The van der Waals surface area contributed by atoms with E-state index < -0.39 is 0 Å². The molecule has 1 atom stereocenters. The quantitative estimate of drug-likeness (QED) is 0.849. The standard InChI is InChI=1S/C13H16ClN3O2/c14-10-6-15-13(16-7-10)19-11-2-1-5-17(8-11)12(18)9-3-4-9/h6-7,9,11H,1-5,8H2. The third-order valence-corrected chi connectivity index (χ3v) is 3.68. The number of aromatic nitrogens is 2. The van der Waals surface area contributed by atoms with Crippen LogP contribution in [0.4, 0.5) is 0 Å². The Morgan fingerprint density at radius 2 is 2.05 bits per heavy atom. The lowest BCUT2D eigenvalue weighted by atomic mass is 10.1. The summed E-state index contributed by atoms with van der Waals surface area (Å²) in [6.45, 7) is 1.48. The average molecular weight is 282 g/mol. The average Bonchev–Trinajstić information content (AvgIpc) is 3.25. The van der Waals surface area contributed by atoms with Crippen molar-refractivity contribution < 1.29 is 9.53 Å². The van der Waals surface area contributed by atoms with Crippen LogP contribution >= 0.6 is 11.6 Å². The van der Waals surface area contributed by atoms with Gasteiger partial charge in [-0.3, -0.25) is 4.79 Å². The van der Waals surface area contributed by atoms with E-state index >= 15 is 0 Å². The van der Waals surface area contributed by atoms with Crippen molar-refractivity contribution in [1.82, 2.24) is 14.9 Å². The van der Waals surface area contributed by atoms with Crippen molar-refractivity contribution >= 4 is 17.5 Å². The Morgan fingerprint density at radius 1 is 1.32 bits per heavy atom. The first-order valence-corrected chi connectivity index (χ1v) is 7.03. The van der Waals surface area contributed by atoms with Crippen molar-refractivity contribution in [3.8, 4) is 6.01 Å². The monoisotopic (exact) mass is 281 g/mol. The Morgan fingerprint density at radius 3 is 2.74 bits per heavy atom. The van der Waals surface area contributed by atoms with Gasteiger partial charge in [0.25, 0.3) is 0 Å². The normalized spacial score (nSPS) is 23.2. The molecule has 2 heterocycles. The van der Waals surface area contributed by atoms with E-state index in [0.717, 1.165) is 32.2 Å². The molecule has 2 fully saturated rings. The minimum Gasteiger partial charge on any atom is -0.458 e. The highest BCUT2D eigenvalue weighted by atomic mass is 35.5. The summed E-state index contributed by atoms with van der Waals surface area (Å²) in [5, 5.41) is 0.488.